The van der Waals surface area contributed by atoms with Crippen molar-refractivity contribution in [2.24, 2.45) is 0 Å². The number of nitrogens with one attached hydrogen (secondary N) is 1. The zero-order chi connectivity index (χ0) is 18.7. The van der Waals surface area contributed by atoms with E-state index in [4.69, 9.17) is 4.74 Å². The second-order valence-electron chi connectivity index (χ2n) is 5.55. The van der Waals surface area contributed by atoms with Gasteiger partial charge in [-0.05, 0) is 31.2 Å². The SMILES string of the molecule is Cc1cc(C(=O)OCC(=O)Nc2c(F)cccc2F)c2ccccc2n1. The van der Waals surface area contributed by atoms with E-state index < -0.39 is 35.8 Å². The van der Waals surface area contributed by atoms with E-state index in [0.717, 1.165) is 12.1 Å². The molecule has 7 heteroatoms. The number of ether oxygens (including phenoxy) is 1. The van der Waals surface area contributed by atoms with Crippen molar-refractivity contribution in [1.82, 2.24) is 4.98 Å². The molecule has 0 saturated carbocycles. The molecular weight excluding hydrogens is 342 g/mol. The van der Waals surface area contributed by atoms with Gasteiger partial charge in [0.15, 0.2) is 6.61 Å². The number of rotatable bonds is 4. The Hall–Kier alpha value is -3.35. The minimum Gasteiger partial charge on any atom is -0.452 e. The van der Waals surface area contributed by atoms with Gasteiger partial charge in [-0.25, -0.2) is 13.6 Å². The molecule has 1 N–H and O–H groups in total. The van der Waals surface area contributed by atoms with Gasteiger partial charge in [-0.1, -0.05) is 24.3 Å². The molecule has 26 heavy (non-hydrogen) atoms. The van der Waals surface area contributed by atoms with E-state index in [-0.39, 0.29) is 5.56 Å². The summed E-state index contributed by atoms with van der Waals surface area (Å²) in [5, 5.41) is 2.64. The third-order valence-corrected chi connectivity index (χ3v) is 3.63. The number of nitrogens with zero attached hydrogens (tertiary/aromatic N) is 1. The van der Waals surface area contributed by atoms with Gasteiger partial charge in [0, 0.05) is 11.1 Å². The molecule has 0 fully saturated rings. The van der Waals surface area contributed by atoms with E-state index in [1.54, 1.807) is 37.3 Å². The molecule has 1 aromatic heterocycles. The van der Waals surface area contributed by atoms with Crippen molar-refractivity contribution in [2.45, 2.75) is 6.92 Å². The molecule has 0 aliphatic heterocycles. The first-order chi connectivity index (χ1) is 12.5. The van der Waals surface area contributed by atoms with E-state index >= 15 is 0 Å². The van der Waals surface area contributed by atoms with Crippen molar-refractivity contribution in [1.29, 1.82) is 0 Å². The first kappa shape index (κ1) is 17.5. The van der Waals surface area contributed by atoms with E-state index in [9.17, 15) is 18.4 Å². The molecule has 1 amide bonds. The minimum absolute atomic E-state index is 0.262. The Kier molecular flexibility index (Phi) is 4.88. The smallest absolute Gasteiger partial charge is 0.339 e. The topological polar surface area (TPSA) is 68.3 Å². The lowest BCUT2D eigenvalue weighted by Crippen LogP contribution is -2.22. The fourth-order valence-electron chi connectivity index (χ4n) is 2.48. The minimum atomic E-state index is -0.916. The molecular formula is C19H14F2N2O3. The van der Waals surface area contributed by atoms with Crippen LogP contribution in [-0.4, -0.2) is 23.5 Å². The second-order valence-corrected chi connectivity index (χ2v) is 5.55. The fourth-order valence-corrected chi connectivity index (χ4v) is 2.48. The van der Waals surface area contributed by atoms with Gasteiger partial charge in [-0.2, -0.15) is 0 Å². The predicted octanol–water partition coefficient (Wildman–Crippen LogP) is 3.62. The standard InChI is InChI=1S/C19H14F2N2O3/c1-11-9-13(12-5-2-3-8-16(12)22-11)19(25)26-10-17(24)23-18-14(20)6-4-7-15(18)21/h2-9H,10H2,1H3,(H,23,24). The van der Waals surface area contributed by atoms with Crippen molar-refractivity contribution in [3.63, 3.8) is 0 Å². The third-order valence-electron chi connectivity index (χ3n) is 3.63. The molecule has 3 aromatic rings. The van der Waals surface area contributed by atoms with Crippen molar-refractivity contribution in [3.05, 3.63) is 71.4 Å². The Morgan fingerprint density at radius 1 is 1.08 bits per heavy atom. The number of benzene rings is 2. The molecule has 0 aliphatic rings. The molecule has 1 heterocycles. The number of esters is 1. The quantitative estimate of drug-likeness (QED) is 0.725. The average molecular weight is 356 g/mol. The Bertz CT molecular complexity index is 985. The molecule has 0 saturated heterocycles. The number of aromatic nitrogens is 1. The zero-order valence-corrected chi connectivity index (χ0v) is 13.8. The van der Waals surface area contributed by atoms with Crippen molar-refractivity contribution in [3.8, 4) is 0 Å². The lowest BCUT2D eigenvalue weighted by molar-refractivity contribution is -0.119. The van der Waals surface area contributed by atoms with Gasteiger partial charge >= 0.3 is 5.97 Å². The monoisotopic (exact) mass is 356 g/mol. The maximum atomic E-state index is 13.5. The Morgan fingerprint density at radius 3 is 2.50 bits per heavy atom. The molecule has 2 aromatic carbocycles. The van der Waals surface area contributed by atoms with Gasteiger partial charge in [0.25, 0.3) is 5.91 Å². The first-order valence-corrected chi connectivity index (χ1v) is 7.73. The summed E-state index contributed by atoms with van der Waals surface area (Å²) in [6.45, 7) is 1.05. The van der Waals surface area contributed by atoms with Crippen molar-refractivity contribution < 1.29 is 23.1 Å². The van der Waals surface area contributed by atoms with Gasteiger partial charge in [0.1, 0.15) is 17.3 Å². The average Bonchev–Trinajstić information content (AvgIpc) is 2.62. The van der Waals surface area contributed by atoms with Gasteiger partial charge in [0.2, 0.25) is 0 Å². The largest absolute Gasteiger partial charge is 0.452 e. The van der Waals surface area contributed by atoms with Gasteiger partial charge in [0.05, 0.1) is 11.1 Å². The molecule has 0 unspecified atom stereocenters. The number of anilines is 1. The summed E-state index contributed by atoms with van der Waals surface area (Å²) >= 11 is 0. The highest BCUT2D eigenvalue weighted by atomic mass is 19.1. The van der Waals surface area contributed by atoms with E-state index in [0.29, 0.717) is 16.6 Å². The predicted molar refractivity (Wildman–Crippen MR) is 91.8 cm³/mol. The number of aryl methyl sites for hydroxylation is 1. The number of carbonyl (C=O) groups is 2. The number of amides is 1. The normalized spacial score (nSPS) is 10.6. The summed E-state index contributed by atoms with van der Waals surface area (Å²) in [4.78, 5) is 28.5. The highest BCUT2D eigenvalue weighted by Crippen LogP contribution is 2.20. The molecule has 0 spiro atoms. The van der Waals surface area contributed by atoms with E-state index in [2.05, 4.69) is 10.3 Å². The molecule has 3 rings (SSSR count). The number of hydrogen-bond acceptors (Lipinski definition) is 4. The Morgan fingerprint density at radius 2 is 1.77 bits per heavy atom. The van der Waals surface area contributed by atoms with Crippen LogP contribution in [0.25, 0.3) is 10.9 Å². The third kappa shape index (κ3) is 3.66. The number of halogens is 2. The lowest BCUT2D eigenvalue weighted by atomic mass is 10.1. The number of pyridine rings is 1. The van der Waals surface area contributed by atoms with Crippen LogP contribution in [0, 0.1) is 18.6 Å². The van der Waals surface area contributed by atoms with Crippen LogP contribution in [-0.2, 0) is 9.53 Å². The summed E-state index contributed by atoms with van der Waals surface area (Å²) in [6.07, 6.45) is 0. The lowest BCUT2D eigenvalue weighted by Gasteiger charge is -2.10. The molecule has 0 atom stereocenters. The maximum absolute atomic E-state index is 13.5. The maximum Gasteiger partial charge on any atom is 0.339 e. The van der Waals surface area contributed by atoms with E-state index in [1.807, 2.05) is 0 Å². The highest BCUT2D eigenvalue weighted by molar-refractivity contribution is 6.04. The van der Waals surface area contributed by atoms with Gasteiger partial charge in [-0.15, -0.1) is 0 Å². The zero-order valence-electron chi connectivity index (χ0n) is 13.8. The van der Waals surface area contributed by atoms with Crippen molar-refractivity contribution in [2.75, 3.05) is 11.9 Å². The van der Waals surface area contributed by atoms with Crippen molar-refractivity contribution >= 4 is 28.5 Å². The molecule has 0 aliphatic carbocycles. The number of carbonyl (C=O) groups excluding carboxylic acids is 2. The number of para-hydroxylation sites is 2. The summed E-state index contributed by atoms with van der Waals surface area (Å²) in [5.74, 6) is -3.41. The summed E-state index contributed by atoms with van der Waals surface area (Å²) in [5.41, 5.74) is 0.919. The van der Waals surface area contributed by atoms with Crippen LogP contribution in [0.15, 0.2) is 48.5 Å². The molecule has 132 valence electrons. The van der Waals surface area contributed by atoms with Crippen LogP contribution >= 0.6 is 0 Å². The van der Waals surface area contributed by atoms with Crippen LogP contribution in [0.3, 0.4) is 0 Å². The molecule has 5 nitrogen and oxygen atoms in total. The number of hydrogen-bond donors (Lipinski definition) is 1. The van der Waals surface area contributed by atoms with Gasteiger partial charge in [-0.3, -0.25) is 9.78 Å². The van der Waals surface area contributed by atoms with E-state index in [1.165, 1.54) is 6.07 Å². The van der Waals surface area contributed by atoms with Crippen LogP contribution < -0.4 is 5.32 Å². The fraction of sp³-hybridized carbons (Fsp3) is 0.105. The first-order valence-electron chi connectivity index (χ1n) is 7.73. The Balaban J connectivity index is 1.72. The van der Waals surface area contributed by atoms with Crippen LogP contribution in [0.5, 0.6) is 0 Å². The molecule has 0 radical (unpaired) electrons. The summed E-state index contributed by atoms with van der Waals surface area (Å²) < 4.78 is 32.0. The summed E-state index contributed by atoms with van der Waals surface area (Å²) in [6, 6.07) is 11.8. The van der Waals surface area contributed by atoms with Crippen LogP contribution in [0.4, 0.5) is 14.5 Å². The van der Waals surface area contributed by atoms with Gasteiger partial charge < -0.3 is 10.1 Å². The Labute approximate surface area is 147 Å². The molecule has 0 bridgehead atoms. The van der Waals surface area contributed by atoms with Crippen LogP contribution in [0.1, 0.15) is 16.1 Å². The number of fused-ring (bicyclic) bond motifs is 1. The van der Waals surface area contributed by atoms with Crippen LogP contribution in [0.2, 0.25) is 0 Å². The second kappa shape index (κ2) is 7.26. The highest BCUT2D eigenvalue weighted by Gasteiger charge is 2.16. The summed E-state index contributed by atoms with van der Waals surface area (Å²) in [7, 11) is 0.